The van der Waals surface area contributed by atoms with Crippen molar-refractivity contribution in [2.45, 2.75) is 50.7 Å². The molecule has 1 aromatic carbocycles. The Labute approximate surface area is 162 Å². The van der Waals surface area contributed by atoms with Crippen LogP contribution in [0, 0.1) is 6.92 Å². The van der Waals surface area contributed by atoms with Crippen LogP contribution in [0.1, 0.15) is 54.2 Å². The Kier molecular flexibility index (Phi) is 4.56. The second-order valence-electron chi connectivity index (χ2n) is 7.90. The molecule has 150 valence electrons. The standard InChI is InChI=1S/C21H25FN2O4/c1-13-18(19(25)23-10-9-21(22,12-23)20(26)27)16-11-15(28-2)7-8-17(16)24(13)14-5-3-4-6-14/h7-8,11,14H,3-6,9-10,12H2,1-2H3,(H,26,27). The van der Waals surface area contributed by atoms with Crippen LogP contribution in [-0.4, -0.2) is 52.3 Å². The number of likely N-dealkylation sites (tertiary alicyclic amines) is 1. The summed E-state index contributed by atoms with van der Waals surface area (Å²) in [4.78, 5) is 25.9. The topological polar surface area (TPSA) is 71.8 Å². The van der Waals surface area contributed by atoms with Crippen LogP contribution in [0.15, 0.2) is 18.2 Å². The first-order chi connectivity index (χ1) is 13.4. The van der Waals surface area contributed by atoms with E-state index in [9.17, 15) is 14.0 Å². The number of carboxylic acid groups (broad SMARTS) is 1. The number of ether oxygens (including phenoxy) is 1. The quantitative estimate of drug-likeness (QED) is 0.867. The summed E-state index contributed by atoms with van der Waals surface area (Å²) in [5.41, 5.74) is -0.0230. The van der Waals surface area contributed by atoms with E-state index in [0.29, 0.717) is 17.4 Å². The van der Waals surface area contributed by atoms with E-state index in [1.54, 1.807) is 7.11 Å². The van der Waals surface area contributed by atoms with Crippen LogP contribution in [0.2, 0.25) is 0 Å². The Balaban J connectivity index is 1.80. The predicted molar refractivity (Wildman–Crippen MR) is 103 cm³/mol. The molecule has 1 amide bonds. The van der Waals surface area contributed by atoms with Gasteiger partial charge in [0, 0.05) is 35.6 Å². The van der Waals surface area contributed by atoms with Crippen LogP contribution in [-0.2, 0) is 4.79 Å². The van der Waals surface area contributed by atoms with Gasteiger partial charge in [-0.2, -0.15) is 0 Å². The zero-order valence-electron chi connectivity index (χ0n) is 16.2. The average molecular weight is 388 g/mol. The number of benzene rings is 1. The number of hydrogen-bond acceptors (Lipinski definition) is 3. The molecular formula is C21H25FN2O4. The van der Waals surface area contributed by atoms with Gasteiger partial charge in [-0.15, -0.1) is 0 Å². The van der Waals surface area contributed by atoms with Gasteiger partial charge in [0.2, 0.25) is 5.67 Å². The Morgan fingerprint density at radius 1 is 1.29 bits per heavy atom. The van der Waals surface area contributed by atoms with Crippen molar-refractivity contribution in [3.8, 4) is 5.75 Å². The summed E-state index contributed by atoms with van der Waals surface area (Å²) >= 11 is 0. The summed E-state index contributed by atoms with van der Waals surface area (Å²) in [6, 6.07) is 6.04. The molecule has 2 aliphatic rings. The number of halogens is 1. The minimum absolute atomic E-state index is 0.0984. The van der Waals surface area contributed by atoms with Crippen LogP contribution in [0.4, 0.5) is 4.39 Å². The monoisotopic (exact) mass is 388 g/mol. The van der Waals surface area contributed by atoms with Gasteiger partial charge >= 0.3 is 5.97 Å². The lowest BCUT2D eigenvalue weighted by Crippen LogP contribution is -2.39. The second kappa shape index (κ2) is 6.79. The van der Waals surface area contributed by atoms with Gasteiger partial charge in [0.1, 0.15) is 5.75 Å². The molecule has 2 aromatic rings. The van der Waals surface area contributed by atoms with Crippen molar-refractivity contribution in [1.29, 1.82) is 0 Å². The van der Waals surface area contributed by atoms with Crippen LogP contribution in [0.3, 0.4) is 0 Å². The molecule has 4 rings (SSSR count). The second-order valence-corrected chi connectivity index (χ2v) is 7.90. The van der Waals surface area contributed by atoms with Gasteiger partial charge in [-0.1, -0.05) is 12.8 Å². The fourth-order valence-electron chi connectivity index (χ4n) is 4.73. The molecule has 1 N–H and O–H groups in total. The fourth-order valence-corrected chi connectivity index (χ4v) is 4.73. The first-order valence-corrected chi connectivity index (χ1v) is 9.76. The molecule has 1 saturated heterocycles. The fraction of sp³-hybridized carbons (Fsp3) is 0.524. The van der Waals surface area contributed by atoms with E-state index in [4.69, 9.17) is 9.84 Å². The van der Waals surface area contributed by atoms with Crippen molar-refractivity contribution in [3.05, 3.63) is 29.5 Å². The average Bonchev–Trinajstić information content (AvgIpc) is 3.38. The van der Waals surface area contributed by atoms with Crippen molar-refractivity contribution in [1.82, 2.24) is 9.47 Å². The number of carbonyl (C=O) groups is 2. The van der Waals surface area contributed by atoms with Crippen LogP contribution >= 0.6 is 0 Å². The van der Waals surface area contributed by atoms with Gasteiger partial charge in [-0.05, 0) is 38.0 Å². The summed E-state index contributed by atoms with van der Waals surface area (Å²) in [5, 5.41) is 9.93. The molecule has 1 aliphatic carbocycles. The Morgan fingerprint density at radius 2 is 2.00 bits per heavy atom. The Bertz CT molecular complexity index is 948. The van der Waals surface area contributed by atoms with Gasteiger partial charge in [0.25, 0.3) is 5.91 Å². The number of hydrogen-bond donors (Lipinski definition) is 1. The molecule has 2 fully saturated rings. The third-order valence-corrected chi connectivity index (χ3v) is 6.25. The zero-order chi connectivity index (χ0) is 20.1. The number of amides is 1. The van der Waals surface area contributed by atoms with E-state index in [2.05, 4.69) is 4.57 Å². The van der Waals surface area contributed by atoms with Gasteiger partial charge in [-0.25, -0.2) is 9.18 Å². The molecule has 28 heavy (non-hydrogen) atoms. The van der Waals surface area contributed by atoms with Gasteiger partial charge in [0.05, 0.1) is 19.2 Å². The van der Waals surface area contributed by atoms with Gasteiger partial charge in [0.15, 0.2) is 0 Å². The summed E-state index contributed by atoms with van der Waals surface area (Å²) in [5.74, 6) is -1.17. The molecule has 1 aliphatic heterocycles. The highest BCUT2D eigenvalue weighted by Crippen LogP contribution is 2.39. The number of carbonyl (C=O) groups excluding carboxylic acids is 1. The molecule has 7 heteroatoms. The number of aromatic nitrogens is 1. The Hall–Kier alpha value is -2.57. The number of alkyl halides is 1. The lowest BCUT2D eigenvalue weighted by molar-refractivity contribution is -0.149. The smallest absolute Gasteiger partial charge is 0.343 e. The van der Waals surface area contributed by atoms with E-state index in [1.165, 1.54) is 17.7 Å². The van der Waals surface area contributed by atoms with Crippen LogP contribution in [0.5, 0.6) is 5.75 Å². The molecule has 1 saturated carbocycles. The van der Waals surface area contributed by atoms with Crippen molar-refractivity contribution in [3.63, 3.8) is 0 Å². The highest BCUT2D eigenvalue weighted by atomic mass is 19.1. The van der Waals surface area contributed by atoms with E-state index in [-0.39, 0.29) is 18.9 Å². The lowest BCUT2D eigenvalue weighted by atomic mass is 10.1. The molecule has 2 heterocycles. The molecule has 0 bridgehead atoms. The molecule has 0 radical (unpaired) electrons. The van der Waals surface area contributed by atoms with Crippen LogP contribution in [0.25, 0.3) is 10.9 Å². The molecule has 6 nitrogen and oxygen atoms in total. The van der Waals surface area contributed by atoms with E-state index in [0.717, 1.165) is 29.4 Å². The maximum atomic E-state index is 14.5. The van der Waals surface area contributed by atoms with Crippen molar-refractivity contribution in [2.24, 2.45) is 0 Å². The molecular weight excluding hydrogens is 363 g/mol. The first kappa shape index (κ1) is 18.8. The SMILES string of the molecule is COc1ccc2c(c1)c(C(=O)N1CCC(F)(C(=O)O)C1)c(C)n2C1CCCC1. The number of aliphatic carboxylic acids is 1. The lowest BCUT2D eigenvalue weighted by Gasteiger charge is -2.19. The third kappa shape index (κ3) is 2.84. The predicted octanol–water partition coefficient (Wildman–Crippen LogP) is 3.71. The number of fused-ring (bicyclic) bond motifs is 1. The van der Waals surface area contributed by atoms with E-state index >= 15 is 0 Å². The van der Waals surface area contributed by atoms with E-state index in [1.807, 2.05) is 25.1 Å². The third-order valence-electron chi connectivity index (χ3n) is 6.25. The summed E-state index contributed by atoms with van der Waals surface area (Å²) in [6.07, 6.45) is 4.29. The molecule has 1 atom stereocenters. The van der Waals surface area contributed by atoms with Crippen molar-refractivity contribution < 1.29 is 23.8 Å². The number of rotatable bonds is 4. The normalized spacial score (nSPS) is 22.9. The van der Waals surface area contributed by atoms with Crippen LogP contribution < -0.4 is 4.74 Å². The van der Waals surface area contributed by atoms with Gasteiger partial charge in [-0.3, -0.25) is 4.79 Å². The minimum Gasteiger partial charge on any atom is -0.497 e. The first-order valence-electron chi connectivity index (χ1n) is 9.76. The minimum atomic E-state index is -2.37. The zero-order valence-corrected chi connectivity index (χ0v) is 16.2. The number of nitrogens with zero attached hydrogens (tertiary/aromatic N) is 2. The van der Waals surface area contributed by atoms with E-state index < -0.39 is 18.2 Å². The maximum absolute atomic E-state index is 14.5. The molecule has 1 aromatic heterocycles. The molecule has 0 spiro atoms. The van der Waals surface area contributed by atoms with Crippen molar-refractivity contribution >= 4 is 22.8 Å². The van der Waals surface area contributed by atoms with Gasteiger partial charge < -0.3 is 19.3 Å². The Morgan fingerprint density at radius 3 is 2.61 bits per heavy atom. The maximum Gasteiger partial charge on any atom is 0.343 e. The molecule has 1 unspecified atom stereocenters. The summed E-state index contributed by atoms with van der Waals surface area (Å²) < 4.78 is 22.1. The van der Waals surface area contributed by atoms with Crippen molar-refractivity contribution in [2.75, 3.05) is 20.2 Å². The number of methoxy groups -OCH3 is 1. The summed E-state index contributed by atoms with van der Waals surface area (Å²) in [6.45, 7) is 1.61. The number of carboxylic acids is 1. The largest absolute Gasteiger partial charge is 0.497 e. The highest BCUT2D eigenvalue weighted by Gasteiger charge is 2.47. The highest BCUT2D eigenvalue weighted by molar-refractivity contribution is 6.09. The summed E-state index contributed by atoms with van der Waals surface area (Å²) in [7, 11) is 1.58.